The SMILES string of the molecule is COCc1c(C(=O)N2CCN(Cc3ccc4c(c3)OCO4)CC2)cnc2cc(-c3ccccc3)nn12. The predicted octanol–water partition coefficient (Wildman–Crippen LogP) is 3.23. The number of hydrogen-bond acceptors (Lipinski definition) is 7. The third kappa shape index (κ3) is 4.27. The molecule has 184 valence electrons. The van der Waals surface area contributed by atoms with Crippen LogP contribution < -0.4 is 9.47 Å². The summed E-state index contributed by atoms with van der Waals surface area (Å²) in [6, 6.07) is 17.9. The molecule has 9 nitrogen and oxygen atoms in total. The fourth-order valence-corrected chi connectivity index (χ4v) is 4.76. The number of rotatable bonds is 6. The highest BCUT2D eigenvalue weighted by molar-refractivity contribution is 5.95. The van der Waals surface area contributed by atoms with Crippen LogP contribution in [0.15, 0.2) is 60.8 Å². The highest BCUT2D eigenvalue weighted by Crippen LogP contribution is 2.33. The highest BCUT2D eigenvalue weighted by atomic mass is 16.7. The second-order valence-corrected chi connectivity index (χ2v) is 8.97. The van der Waals surface area contributed by atoms with Gasteiger partial charge in [-0.05, 0) is 17.7 Å². The fraction of sp³-hybridized carbons (Fsp3) is 0.296. The quantitative estimate of drug-likeness (QED) is 0.415. The predicted molar refractivity (Wildman–Crippen MR) is 133 cm³/mol. The second kappa shape index (κ2) is 9.60. The van der Waals surface area contributed by atoms with Crippen molar-refractivity contribution < 1.29 is 19.0 Å². The lowest BCUT2D eigenvalue weighted by Gasteiger charge is -2.35. The minimum Gasteiger partial charge on any atom is -0.454 e. The van der Waals surface area contributed by atoms with E-state index in [-0.39, 0.29) is 19.3 Å². The summed E-state index contributed by atoms with van der Waals surface area (Å²) in [5, 5.41) is 4.75. The van der Waals surface area contributed by atoms with Gasteiger partial charge in [0.1, 0.15) is 0 Å². The fourth-order valence-electron chi connectivity index (χ4n) is 4.76. The summed E-state index contributed by atoms with van der Waals surface area (Å²) in [5.74, 6) is 1.54. The van der Waals surface area contributed by atoms with E-state index in [1.807, 2.05) is 53.4 Å². The molecule has 0 saturated carbocycles. The maximum atomic E-state index is 13.5. The molecule has 2 aromatic carbocycles. The Bertz CT molecular complexity index is 1400. The smallest absolute Gasteiger partial charge is 0.257 e. The van der Waals surface area contributed by atoms with Crippen LogP contribution in [0.25, 0.3) is 16.9 Å². The first kappa shape index (κ1) is 22.5. The normalized spacial score (nSPS) is 15.5. The Kier molecular flexibility index (Phi) is 6.00. The summed E-state index contributed by atoms with van der Waals surface area (Å²) < 4.78 is 18.1. The van der Waals surface area contributed by atoms with E-state index < -0.39 is 0 Å². The number of piperazine rings is 1. The van der Waals surface area contributed by atoms with Gasteiger partial charge in [-0.1, -0.05) is 36.4 Å². The number of nitrogens with zero attached hydrogens (tertiary/aromatic N) is 5. The summed E-state index contributed by atoms with van der Waals surface area (Å²) in [4.78, 5) is 22.3. The molecule has 0 N–H and O–H groups in total. The van der Waals surface area contributed by atoms with Gasteiger partial charge in [0.15, 0.2) is 17.1 Å². The molecule has 0 radical (unpaired) electrons. The van der Waals surface area contributed by atoms with Crippen LogP contribution in [0, 0.1) is 0 Å². The molecule has 1 amide bonds. The van der Waals surface area contributed by atoms with Crippen LogP contribution in [-0.2, 0) is 17.9 Å². The van der Waals surface area contributed by atoms with Crippen molar-refractivity contribution in [2.75, 3.05) is 40.1 Å². The standard InChI is InChI=1S/C27H27N5O4/c1-34-17-23-21(15-28-26-14-22(29-32(23)26)20-5-3-2-4-6-20)27(33)31-11-9-30(10-12-31)16-19-7-8-24-25(13-19)36-18-35-24/h2-8,13-15H,9-12,16-18H2,1H3. The minimum absolute atomic E-state index is 0.0454. The molecule has 9 heteroatoms. The first-order valence-electron chi connectivity index (χ1n) is 12.0. The molecule has 0 atom stereocenters. The monoisotopic (exact) mass is 485 g/mol. The third-order valence-corrected chi connectivity index (χ3v) is 6.67. The molecule has 2 aromatic heterocycles. The maximum absolute atomic E-state index is 13.5. The van der Waals surface area contributed by atoms with Crippen molar-refractivity contribution in [3.05, 3.63) is 77.6 Å². The zero-order valence-corrected chi connectivity index (χ0v) is 20.1. The Morgan fingerprint density at radius 2 is 1.81 bits per heavy atom. The summed E-state index contributed by atoms with van der Waals surface area (Å²) in [6.07, 6.45) is 1.65. The Morgan fingerprint density at radius 3 is 2.61 bits per heavy atom. The summed E-state index contributed by atoms with van der Waals surface area (Å²) in [5.41, 5.74) is 4.89. The molecule has 0 spiro atoms. The van der Waals surface area contributed by atoms with Gasteiger partial charge in [-0.25, -0.2) is 9.50 Å². The van der Waals surface area contributed by atoms with Crippen LogP contribution >= 0.6 is 0 Å². The van der Waals surface area contributed by atoms with Gasteiger partial charge < -0.3 is 19.1 Å². The second-order valence-electron chi connectivity index (χ2n) is 8.97. The lowest BCUT2D eigenvalue weighted by molar-refractivity contribution is 0.0622. The Hall–Kier alpha value is -3.95. The first-order valence-corrected chi connectivity index (χ1v) is 12.0. The van der Waals surface area contributed by atoms with Crippen molar-refractivity contribution in [3.63, 3.8) is 0 Å². The lowest BCUT2D eigenvalue weighted by Crippen LogP contribution is -2.48. The topological polar surface area (TPSA) is 81.4 Å². The molecule has 4 aromatic rings. The van der Waals surface area contributed by atoms with E-state index in [1.54, 1.807) is 17.8 Å². The van der Waals surface area contributed by atoms with Gasteiger partial charge in [0.2, 0.25) is 6.79 Å². The van der Waals surface area contributed by atoms with Gasteiger partial charge in [-0.2, -0.15) is 5.10 Å². The zero-order valence-electron chi connectivity index (χ0n) is 20.1. The number of benzene rings is 2. The van der Waals surface area contributed by atoms with Crippen molar-refractivity contribution in [3.8, 4) is 22.8 Å². The van der Waals surface area contributed by atoms with E-state index in [4.69, 9.17) is 19.3 Å². The van der Waals surface area contributed by atoms with Crippen LogP contribution in [0.4, 0.5) is 0 Å². The van der Waals surface area contributed by atoms with E-state index >= 15 is 0 Å². The third-order valence-electron chi connectivity index (χ3n) is 6.67. The van der Waals surface area contributed by atoms with Gasteiger partial charge >= 0.3 is 0 Å². The molecule has 0 aliphatic carbocycles. The van der Waals surface area contributed by atoms with Crippen molar-refractivity contribution in [1.82, 2.24) is 24.4 Å². The molecule has 36 heavy (non-hydrogen) atoms. The average Bonchev–Trinajstić information content (AvgIpc) is 3.57. The molecule has 6 rings (SSSR count). The number of methoxy groups -OCH3 is 1. The molecule has 4 heterocycles. The van der Waals surface area contributed by atoms with Crippen LogP contribution in [0.3, 0.4) is 0 Å². The van der Waals surface area contributed by atoms with Crippen molar-refractivity contribution in [1.29, 1.82) is 0 Å². The molecule has 2 aliphatic heterocycles. The van der Waals surface area contributed by atoms with Crippen molar-refractivity contribution in [2.45, 2.75) is 13.2 Å². The Labute approximate surface area is 208 Å². The summed E-state index contributed by atoms with van der Waals surface area (Å²) in [7, 11) is 1.62. The van der Waals surface area contributed by atoms with E-state index in [0.29, 0.717) is 30.0 Å². The maximum Gasteiger partial charge on any atom is 0.257 e. The highest BCUT2D eigenvalue weighted by Gasteiger charge is 2.26. The van der Waals surface area contributed by atoms with E-state index in [2.05, 4.69) is 16.0 Å². The van der Waals surface area contributed by atoms with Crippen LogP contribution in [-0.4, -0.2) is 70.4 Å². The van der Waals surface area contributed by atoms with Crippen LogP contribution in [0.2, 0.25) is 0 Å². The molecule has 1 saturated heterocycles. The number of aromatic nitrogens is 3. The number of carbonyl (C=O) groups excluding carboxylic acids is 1. The summed E-state index contributed by atoms with van der Waals surface area (Å²) in [6.45, 7) is 4.20. The molecule has 2 aliphatic rings. The minimum atomic E-state index is -0.0454. The number of hydrogen-bond donors (Lipinski definition) is 0. The Morgan fingerprint density at radius 1 is 1.00 bits per heavy atom. The average molecular weight is 486 g/mol. The van der Waals surface area contributed by atoms with Gasteiger partial charge in [0.05, 0.1) is 23.6 Å². The van der Waals surface area contributed by atoms with Crippen molar-refractivity contribution >= 4 is 11.6 Å². The number of carbonyl (C=O) groups is 1. The Balaban J connectivity index is 1.18. The van der Waals surface area contributed by atoms with Gasteiger partial charge in [0, 0.05) is 57.7 Å². The largest absolute Gasteiger partial charge is 0.454 e. The van der Waals surface area contributed by atoms with E-state index in [1.165, 1.54) is 5.56 Å². The van der Waals surface area contributed by atoms with Crippen LogP contribution in [0.1, 0.15) is 21.6 Å². The van der Waals surface area contributed by atoms with Crippen LogP contribution in [0.5, 0.6) is 11.5 Å². The number of ether oxygens (including phenoxy) is 3. The van der Waals surface area contributed by atoms with Crippen molar-refractivity contribution in [2.24, 2.45) is 0 Å². The molecule has 0 unspecified atom stereocenters. The van der Waals surface area contributed by atoms with Gasteiger partial charge in [0.25, 0.3) is 5.91 Å². The zero-order chi connectivity index (χ0) is 24.5. The number of fused-ring (bicyclic) bond motifs is 2. The first-order chi connectivity index (χ1) is 17.7. The number of amides is 1. The van der Waals surface area contributed by atoms with Gasteiger partial charge in [-0.15, -0.1) is 0 Å². The summed E-state index contributed by atoms with van der Waals surface area (Å²) >= 11 is 0. The van der Waals surface area contributed by atoms with E-state index in [0.717, 1.165) is 42.4 Å². The molecule has 1 fully saturated rings. The lowest BCUT2D eigenvalue weighted by atomic mass is 10.1. The molecular formula is C27H27N5O4. The van der Waals surface area contributed by atoms with E-state index in [9.17, 15) is 4.79 Å². The van der Waals surface area contributed by atoms with Gasteiger partial charge in [-0.3, -0.25) is 9.69 Å². The molecule has 0 bridgehead atoms. The molecular weight excluding hydrogens is 458 g/mol.